The molecule has 0 bridgehead atoms. The maximum absolute atomic E-state index is 2.53. The van der Waals surface area contributed by atoms with Crippen LogP contribution in [0.4, 0.5) is 0 Å². The first-order valence-electron chi connectivity index (χ1n) is 16.4. The number of hydrogen-bond donors (Lipinski definition) is 0. The van der Waals surface area contributed by atoms with E-state index in [0.29, 0.717) is 5.41 Å². The van der Waals surface area contributed by atoms with Gasteiger partial charge in [0.25, 0.3) is 0 Å². The molecular weight excluding hydrogens is 420 g/mol. The molecule has 0 nitrogen and oxygen atoms in total. The van der Waals surface area contributed by atoms with Crippen molar-refractivity contribution in [2.45, 2.75) is 173 Å². The molecule has 0 amide bonds. The second-order valence-electron chi connectivity index (χ2n) is 14.3. The van der Waals surface area contributed by atoms with E-state index in [4.69, 9.17) is 0 Å². The lowest BCUT2D eigenvalue weighted by atomic mass is 9.64. The van der Waals surface area contributed by atoms with Gasteiger partial charge in [-0.3, -0.25) is 0 Å². The first-order chi connectivity index (χ1) is 16.4. The highest BCUT2D eigenvalue weighted by Crippen LogP contribution is 2.43. The lowest BCUT2D eigenvalue weighted by molar-refractivity contribution is 0.0793. The fourth-order valence-electron chi connectivity index (χ4n) is 6.11. The van der Waals surface area contributed by atoms with Crippen molar-refractivity contribution in [2.24, 2.45) is 52.8 Å². The van der Waals surface area contributed by atoms with Gasteiger partial charge in [-0.25, -0.2) is 0 Å². The van der Waals surface area contributed by atoms with Crippen LogP contribution in [-0.2, 0) is 0 Å². The largest absolute Gasteiger partial charge is 0.0654 e. The molecule has 0 saturated heterocycles. The van der Waals surface area contributed by atoms with E-state index in [1.165, 1.54) is 89.9 Å². The van der Waals surface area contributed by atoms with E-state index in [-0.39, 0.29) is 0 Å². The van der Waals surface area contributed by atoms with E-state index in [1.54, 1.807) is 0 Å². The Morgan fingerprint density at radius 2 is 1.00 bits per heavy atom. The SMILES string of the molecule is C1CCC1.C1CCC1.CCCC(C)C(C)CC(C)CC(C)CC(C)(C)C(C)C(C)C(C)C(C)CC. The van der Waals surface area contributed by atoms with Gasteiger partial charge in [-0.15, -0.1) is 0 Å². The fraction of sp³-hybridized carbons (Fsp3) is 1.00. The molecule has 8 atom stereocenters. The molecule has 0 aromatic rings. The van der Waals surface area contributed by atoms with Crippen LogP contribution in [0.15, 0.2) is 0 Å². The molecule has 2 aliphatic carbocycles. The van der Waals surface area contributed by atoms with Crippen LogP contribution in [0.2, 0.25) is 0 Å². The molecule has 0 radical (unpaired) electrons. The van der Waals surface area contributed by atoms with Crippen LogP contribution < -0.4 is 0 Å². The predicted molar refractivity (Wildman–Crippen MR) is 163 cm³/mol. The third kappa shape index (κ3) is 15.1. The Balaban J connectivity index is 0.00000119. The van der Waals surface area contributed by atoms with E-state index in [1.807, 2.05) is 0 Å². The van der Waals surface area contributed by atoms with Crippen LogP contribution in [0, 0.1) is 52.8 Å². The summed E-state index contributed by atoms with van der Waals surface area (Å²) in [6, 6.07) is 0. The average molecular weight is 493 g/mol. The molecule has 2 rings (SSSR count). The second kappa shape index (κ2) is 19.1. The number of hydrogen-bond acceptors (Lipinski definition) is 0. The quantitative estimate of drug-likeness (QED) is 0.226. The third-order valence-corrected chi connectivity index (χ3v) is 10.6. The molecule has 0 spiro atoms. The normalized spacial score (nSPS) is 22.3. The molecule has 0 aromatic heterocycles. The van der Waals surface area contributed by atoms with E-state index in [0.717, 1.165) is 47.3 Å². The third-order valence-electron chi connectivity index (χ3n) is 10.6. The minimum Gasteiger partial charge on any atom is -0.0654 e. The summed E-state index contributed by atoms with van der Waals surface area (Å²) in [5, 5.41) is 0. The summed E-state index contributed by atoms with van der Waals surface area (Å²) in [6.45, 7) is 29.6. The van der Waals surface area contributed by atoms with Gasteiger partial charge in [-0.05, 0) is 72.0 Å². The zero-order valence-electron chi connectivity index (χ0n) is 27.0. The van der Waals surface area contributed by atoms with E-state index in [2.05, 4.69) is 83.1 Å². The van der Waals surface area contributed by atoms with Crippen LogP contribution in [0.3, 0.4) is 0 Å². The fourth-order valence-corrected chi connectivity index (χ4v) is 6.11. The van der Waals surface area contributed by atoms with Gasteiger partial charge >= 0.3 is 0 Å². The smallest absolute Gasteiger partial charge is 0.0323 e. The maximum atomic E-state index is 2.53. The van der Waals surface area contributed by atoms with Gasteiger partial charge in [0.2, 0.25) is 0 Å². The van der Waals surface area contributed by atoms with Crippen molar-refractivity contribution in [3.8, 4) is 0 Å². The molecule has 212 valence electrons. The minimum absolute atomic E-state index is 0.432. The zero-order chi connectivity index (χ0) is 27.0. The molecule has 0 aromatic carbocycles. The van der Waals surface area contributed by atoms with Crippen LogP contribution in [0.5, 0.6) is 0 Å². The van der Waals surface area contributed by atoms with Crippen molar-refractivity contribution in [1.82, 2.24) is 0 Å². The van der Waals surface area contributed by atoms with E-state index in [9.17, 15) is 0 Å². The van der Waals surface area contributed by atoms with Crippen molar-refractivity contribution in [2.75, 3.05) is 0 Å². The Morgan fingerprint density at radius 1 is 0.543 bits per heavy atom. The molecule has 0 heteroatoms. The Labute approximate surface area is 225 Å². The van der Waals surface area contributed by atoms with Gasteiger partial charge in [0.1, 0.15) is 0 Å². The zero-order valence-corrected chi connectivity index (χ0v) is 27.0. The van der Waals surface area contributed by atoms with Crippen molar-refractivity contribution in [3.05, 3.63) is 0 Å². The van der Waals surface area contributed by atoms with Crippen molar-refractivity contribution in [3.63, 3.8) is 0 Å². The maximum Gasteiger partial charge on any atom is -0.0323 e. The molecule has 0 heterocycles. The standard InChI is InChI=1S/C27H56.2C4H8/c1-13-15-22(6)23(7)17-19(3)16-20(4)18-27(11,12)26(10)25(9)24(8)21(5)14-2;2*1-2-4-3-1/h19-26H,13-18H2,1-12H3;2*1-4H2. The number of rotatable bonds is 14. The average Bonchev–Trinajstić information content (AvgIpc) is 2.68. The Kier molecular flexibility index (Phi) is 19.1. The highest BCUT2D eigenvalue weighted by Gasteiger charge is 2.35. The molecule has 2 saturated carbocycles. The Hall–Kier alpha value is 0. The summed E-state index contributed by atoms with van der Waals surface area (Å²) in [6.07, 6.45) is 20.2. The summed E-state index contributed by atoms with van der Waals surface area (Å²) < 4.78 is 0. The molecule has 35 heavy (non-hydrogen) atoms. The summed E-state index contributed by atoms with van der Waals surface area (Å²) in [5.41, 5.74) is 0.432. The summed E-state index contributed by atoms with van der Waals surface area (Å²) in [4.78, 5) is 0. The molecule has 0 N–H and O–H groups in total. The molecule has 8 unspecified atom stereocenters. The minimum atomic E-state index is 0.432. The highest BCUT2D eigenvalue weighted by molar-refractivity contribution is 4.84. The van der Waals surface area contributed by atoms with Crippen LogP contribution >= 0.6 is 0 Å². The van der Waals surface area contributed by atoms with Crippen molar-refractivity contribution < 1.29 is 0 Å². The lowest BCUT2D eigenvalue weighted by Crippen LogP contribution is -2.33. The molecule has 2 aliphatic rings. The summed E-state index contributed by atoms with van der Waals surface area (Å²) >= 11 is 0. The van der Waals surface area contributed by atoms with Crippen LogP contribution in [0.25, 0.3) is 0 Å². The van der Waals surface area contributed by atoms with E-state index >= 15 is 0 Å². The van der Waals surface area contributed by atoms with E-state index < -0.39 is 0 Å². The van der Waals surface area contributed by atoms with Gasteiger partial charge < -0.3 is 0 Å². The molecule has 2 fully saturated rings. The first-order valence-corrected chi connectivity index (χ1v) is 16.4. The Morgan fingerprint density at radius 3 is 1.37 bits per heavy atom. The summed E-state index contributed by atoms with van der Waals surface area (Å²) in [7, 11) is 0. The highest BCUT2D eigenvalue weighted by atomic mass is 14.4. The topological polar surface area (TPSA) is 0 Å². The van der Waals surface area contributed by atoms with Gasteiger partial charge in [0, 0.05) is 0 Å². The first kappa shape index (κ1) is 35.0. The van der Waals surface area contributed by atoms with Gasteiger partial charge in [-0.2, -0.15) is 0 Å². The Bertz CT molecular complexity index is 452. The molecular formula is C35H72. The molecule has 0 aliphatic heterocycles. The summed E-state index contributed by atoms with van der Waals surface area (Å²) in [5.74, 6) is 6.68. The lowest BCUT2D eigenvalue weighted by Gasteiger charge is -2.41. The van der Waals surface area contributed by atoms with Gasteiger partial charge in [0.05, 0.1) is 0 Å². The predicted octanol–water partition coefficient (Wildman–Crippen LogP) is 12.6. The van der Waals surface area contributed by atoms with Gasteiger partial charge in [-0.1, -0.05) is 154 Å². The van der Waals surface area contributed by atoms with Crippen LogP contribution in [0.1, 0.15) is 173 Å². The van der Waals surface area contributed by atoms with Gasteiger partial charge in [0.15, 0.2) is 0 Å². The van der Waals surface area contributed by atoms with Crippen molar-refractivity contribution in [1.29, 1.82) is 0 Å². The monoisotopic (exact) mass is 493 g/mol. The van der Waals surface area contributed by atoms with Crippen molar-refractivity contribution >= 4 is 0 Å². The van der Waals surface area contributed by atoms with Crippen LogP contribution in [-0.4, -0.2) is 0 Å². The second-order valence-corrected chi connectivity index (χ2v) is 14.3.